The summed E-state index contributed by atoms with van der Waals surface area (Å²) in [6.45, 7) is 0.745. The fraction of sp³-hybridized carbons (Fsp3) is 0.357. The van der Waals surface area contributed by atoms with Gasteiger partial charge < -0.3 is 14.6 Å². The molecule has 110 valence electrons. The Kier molecular flexibility index (Phi) is 6.66. The van der Waals surface area contributed by atoms with Gasteiger partial charge in [-0.15, -0.1) is 0 Å². The van der Waals surface area contributed by atoms with Crippen LogP contribution < -0.4 is 4.74 Å². The first kappa shape index (κ1) is 16.1. The summed E-state index contributed by atoms with van der Waals surface area (Å²) in [5.41, 5.74) is 0.120. The molecule has 0 atom stereocenters. The first-order chi connectivity index (χ1) is 9.54. The van der Waals surface area contributed by atoms with Gasteiger partial charge in [-0.05, 0) is 36.6 Å². The number of ether oxygens (including phenoxy) is 2. The molecule has 0 amide bonds. The number of halogens is 2. The molecular formula is C14H16F2O4. The van der Waals surface area contributed by atoms with E-state index in [-0.39, 0.29) is 12.2 Å². The molecule has 6 heteroatoms. The van der Waals surface area contributed by atoms with E-state index in [9.17, 15) is 13.6 Å². The van der Waals surface area contributed by atoms with E-state index in [1.165, 1.54) is 0 Å². The molecule has 0 aliphatic carbocycles. The van der Waals surface area contributed by atoms with Crippen molar-refractivity contribution in [3.63, 3.8) is 0 Å². The van der Waals surface area contributed by atoms with E-state index < -0.39 is 23.4 Å². The van der Waals surface area contributed by atoms with Gasteiger partial charge in [0.15, 0.2) is 17.4 Å². The van der Waals surface area contributed by atoms with Gasteiger partial charge in [-0.1, -0.05) is 0 Å². The molecule has 0 spiro atoms. The highest BCUT2D eigenvalue weighted by Gasteiger charge is 2.11. The summed E-state index contributed by atoms with van der Waals surface area (Å²) in [6, 6.07) is 2.04. The second kappa shape index (κ2) is 8.27. The fourth-order valence-corrected chi connectivity index (χ4v) is 1.50. The molecule has 0 aliphatic rings. The summed E-state index contributed by atoms with van der Waals surface area (Å²) < 4.78 is 37.2. The van der Waals surface area contributed by atoms with E-state index in [0.29, 0.717) is 13.0 Å². The Morgan fingerprint density at radius 2 is 1.85 bits per heavy atom. The third-order valence-corrected chi connectivity index (χ3v) is 2.43. The molecule has 0 heterocycles. The zero-order valence-corrected chi connectivity index (χ0v) is 11.1. The molecule has 0 radical (unpaired) electrons. The largest absolute Gasteiger partial charge is 0.488 e. The molecule has 0 aliphatic heterocycles. The Bertz CT molecular complexity index is 463. The fourth-order valence-electron chi connectivity index (χ4n) is 1.50. The standard InChI is InChI=1S/C14H16F2O4/c1-19-6-2-3-7-20-14-11(15)8-10(9-12(14)16)4-5-13(17)18/h4-5,8-9H,2-3,6-7H2,1H3,(H,17,18)/b5-4+. The molecule has 0 saturated heterocycles. The van der Waals surface area contributed by atoms with E-state index in [4.69, 9.17) is 14.6 Å². The van der Waals surface area contributed by atoms with Crippen molar-refractivity contribution < 1.29 is 28.2 Å². The SMILES string of the molecule is COCCCCOc1c(F)cc(/C=C/C(=O)O)cc1F. The van der Waals surface area contributed by atoms with E-state index in [2.05, 4.69) is 0 Å². The maximum atomic E-state index is 13.6. The molecule has 1 N–H and O–H groups in total. The lowest BCUT2D eigenvalue weighted by Gasteiger charge is -2.09. The molecular weight excluding hydrogens is 270 g/mol. The third-order valence-electron chi connectivity index (χ3n) is 2.43. The van der Waals surface area contributed by atoms with Gasteiger partial charge in [0.05, 0.1) is 6.61 Å². The van der Waals surface area contributed by atoms with Gasteiger partial charge in [0.25, 0.3) is 0 Å². The summed E-state index contributed by atoms with van der Waals surface area (Å²) in [5.74, 6) is -3.36. The van der Waals surface area contributed by atoms with Crippen LogP contribution in [0.3, 0.4) is 0 Å². The molecule has 1 aromatic carbocycles. The first-order valence-corrected chi connectivity index (χ1v) is 6.06. The number of benzene rings is 1. The predicted molar refractivity (Wildman–Crippen MR) is 69.6 cm³/mol. The molecule has 0 saturated carbocycles. The van der Waals surface area contributed by atoms with Gasteiger partial charge in [0.2, 0.25) is 0 Å². The van der Waals surface area contributed by atoms with Crippen LogP contribution in [0.5, 0.6) is 5.75 Å². The lowest BCUT2D eigenvalue weighted by molar-refractivity contribution is -0.131. The molecule has 20 heavy (non-hydrogen) atoms. The zero-order valence-electron chi connectivity index (χ0n) is 11.1. The van der Waals surface area contributed by atoms with Gasteiger partial charge in [0, 0.05) is 19.8 Å². The second-order valence-electron chi connectivity index (χ2n) is 4.03. The van der Waals surface area contributed by atoms with Crippen LogP contribution in [0.25, 0.3) is 6.08 Å². The Morgan fingerprint density at radius 3 is 2.40 bits per heavy atom. The highest BCUT2D eigenvalue weighted by Crippen LogP contribution is 2.24. The van der Waals surface area contributed by atoms with E-state index in [1.807, 2.05) is 0 Å². The lowest BCUT2D eigenvalue weighted by atomic mass is 10.2. The summed E-state index contributed by atoms with van der Waals surface area (Å²) >= 11 is 0. The van der Waals surface area contributed by atoms with Crippen LogP contribution in [-0.4, -0.2) is 31.4 Å². The third kappa shape index (κ3) is 5.36. The second-order valence-corrected chi connectivity index (χ2v) is 4.03. The average molecular weight is 286 g/mol. The van der Waals surface area contributed by atoms with Crippen molar-refractivity contribution in [1.82, 2.24) is 0 Å². The van der Waals surface area contributed by atoms with E-state index >= 15 is 0 Å². The number of unbranched alkanes of at least 4 members (excludes halogenated alkanes) is 1. The molecule has 4 nitrogen and oxygen atoms in total. The molecule has 1 rings (SSSR count). The topological polar surface area (TPSA) is 55.8 Å². The van der Waals surface area contributed by atoms with Crippen molar-refractivity contribution in [3.8, 4) is 5.75 Å². The van der Waals surface area contributed by atoms with Crippen molar-refractivity contribution in [2.24, 2.45) is 0 Å². The number of methoxy groups -OCH3 is 1. The number of hydrogen-bond donors (Lipinski definition) is 1. The minimum Gasteiger partial charge on any atom is -0.488 e. The minimum atomic E-state index is -1.19. The van der Waals surface area contributed by atoms with Crippen LogP contribution in [0.1, 0.15) is 18.4 Å². The summed E-state index contributed by atoms with van der Waals surface area (Å²) in [5, 5.41) is 8.45. The quantitative estimate of drug-likeness (QED) is 0.589. The number of carboxylic acid groups (broad SMARTS) is 1. The maximum Gasteiger partial charge on any atom is 0.328 e. The number of rotatable bonds is 8. The summed E-state index contributed by atoms with van der Waals surface area (Å²) in [4.78, 5) is 10.3. The van der Waals surface area contributed by atoms with Gasteiger partial charge >= 0.3 is 5.97 Å². The van der Waals surface area contributed by atoms with Gasteiger partial charge in [-0.2, -0.15) is 0 Å². The van der Waals surface area contributed by atoms with E-state index in [0.717, 1.165) is 30.7 Å². The lowest BCUT2D eigenvalue weighted by Crippen LogP contribution is -2.03. The number of carbonyl (C=O) groups is 1. The number of aliphatic carboxylic acids is 1. The first-order valence-electron chi connectivity index (χ1n) is 6.06. The monoisotopic (exact) mass is 286 g/mol. The van der Waals surface area contributed by atoms with E-state index in [1.54, 1.807) is 7.11 Å². The van der Waals surface area contributed by atoms with Gasteiger partial charge in [-0.3, -0.25) is 0 Å². The minimum absolute atomic E-state index is 0.120. The van der Waals surface area contributed by atoms with Crippen molar-refractivity contribution in [3.05, 3.63) is 35.4 Å². The highest BCUT2D eigenvalue weighted by atomic mass is 19.1. The van der Waals surface area contributed by atoms with Crippen LogP contribution in [0.4, 0.5) is 8.78 Å². The Balaban J connectivity index is 2.66. The van der Waals surface area contributed by atoms with Crippen molar-refractivity contribution in [2.75, 3.05) is 20.3 Å². The number of carboxylic acids is 1. The normalized spacial score (nSPS) is 10.9. The van der Waals surface area contributed by atoms with Crippen LogP contribution in [0.2, 0.25) is 0 Å². The van der Waals surface area contributed by atoms with Crippen molar-refractivity contribution >= 4 is 12.0 Å². The molecule has 0 bridgehead atoms. The Labute approximate surface area is 115 Å². The average Bonchev–Trinajstić information content (AvgIpc) is 2.38. The summed E-state index contributed by atoms with van der Waals surface area (Å²) in [6.07, 6.45) is 3.27. The number of hydrogen-bond acceptors (Lipinski definition) is 3. The highest BCUT2D eigenvalue weighted by molar-refractivity contribution is 5.85. The van der Waals surface area contributed by atoms with Crippen molar-refractivity contribution in [2.45, 2.75) is 12.8 Å². The summed E-state index contributed by atoms with van der Waals surface area (Å²) in [7, 11) is 1.57. The zero-order chi connectivity index (χ0) is 15.0. The van der Waals surface area contributed by atoms with Crippen LogP contribution in [0.15, 0.2) is 18.2 Å². The predicted octanol–water partition coefficient (Wildman–Crippen LogP) is 2.87. The van der Waals surface area contributed by atoms with Gasteiger partial charge in [0.1, 0.15) is 0 Å². The van der Waals surface area contributed by atoms with Crippen LogP contribution in [-0.2, 0) is 9.53 Å². The van der Waals surface area contributed by atoms with Crippen LogP contribution >= 0.6 is 0 Å². The molecule has 0 unspecified atom stereocenters. The van der Waals surface area contributed by atoms with Gasteiger partial charge in [-0.25, -0.2) is 13.6 Å². The van der Waals surface area contributed by atoms with Crippen molar-refractivity contribution in [1.29, 1.82) is 0 Å². The maximum absolute atomic E-state index is 13.6. The molecule has 1 aromatic rings. The molecule has 0 fully saturated rings. The Morgan fingerprint density at radius 1 is 1.25 bits per heavy atom. The molecule has 0 aromatic heterocycles. The van der Waals surface area contributed by atoms with Crippen LogP contribution in [0, 0.1) is 11.6 Å². The Hall–Kier alpha value is -1.95. The smallest absolute Gasteiger partial charge is 0.328 e.